The van der Waals surface area contributed by atoms with E-state index in [-0.39, 0.29) is 5.91 Å². The van der Waals surface area contributed by atoms with E-state index < -0.39 is 0 Å². The Morgan fingerprint density at radius 1 is 1.08 bits per heavy atom. The fourth-order valence-electron chi connectivity index (χ4n) is 3.15. The van der Waals surface area contributed by atoms with Gasteiger partial charge in [0.2, 0.25) is 0 Å². The van der Waals surface area contributed by atoms with Crippen molar-refractivity contribution >= 4 is 27.5 Å². The molecule has 3 aromatic rings. The third-order valence-corrected chi connectivity index (χ3v) is 5.83. The second-order valence-corrected chi connectivity index (χ2v) is 7.57. The van der Waals surface area contributed by atoms with E-state index in [2.05, 4.69) is 18.0 Å². The molecule has 0 atom stereocenters. The summed E-state index contributed by atoms with van der Waals surface area (Å²) >= 11 is 1.69. The van der Waals surface area contributed by atoms with Crippen LogP contribution in [0.4, 0.5) is 0 Å². The smallest absolute Gasteiger partial charge is 0.253 e. The van der Waals surface area contributed by atoms with Crippen molar-refractivity contribution in [2.75, 3.05) is 13.1 Å². The van der Waals surface area contributed by atoms with E-state index in [1.54, 1.807) is 11.3 Å². The van der Waals surface area contributed by atoms with Gasteiger partial charge in [0, 0.05) is 24.2 Å². The maximum Gasteiger partial charge on any atom is 0.253 e. The lowest BCUT2D eigenvalue weighted by atomic mass is 9.98. The number of rotatable bonds is 2. The minimum atomic E-state index is 0.151. The Bertz CT molecular complexity index is 828. The molecule has 122 valence electrons. The lowest BCUT2D eigenvalue weighted by Crippen LogP contribution is -2.37. The third-order valence-electron chi connectivity index (χ3n) is 4.74. The SMILES string of the molecule is CC1CCN(C(=O)c2ccc(-c3nc4ccccc4s3)cc2)CC1. The van der Waals surface area contributed by atoms with Gasteiger partial charge >= 0.3 is 0 Å². The van der Waals surface area contributed by atoms with Crippen molar-refractivity contribution in [2.45, 2.75) is 19.8 Å². The zero-order chi connectivity index (χ0) is 16.5. The number of piperidine rings is 1. The number of likely N-dealkylation sites (tertiary alicyclic amines) is 1. The van der Waals surface area contributed by atoms with Crippen LogP contribution in [0.15, 0.2) is 48.5 Å². The summed E-state index contributed by atoms with van der Waals surface area (Å²) in [6.07, 6.45) is 2.21. The molecule has 2 heterocycles. The minimum Gasteiger partial charge on any atom is -0.339 e. The number of nitrogens with zero attached hydrogens (tertiary/aromatic N) is 2. The molecule has 0 saturated carbocycles. The number of fused-ring (bicyclic) bond motifs is 1. The van der Waals surface area contributed by atoms with Crippen LogP contribution in [0, 0.1) is 5.92 Å². The van der Waals surface area contributed by atoms with Crippen molar-refractivity contribution < 1.29 is 4.79 Å². The zero-order valence-electron chi connectivity index (χ0n) is 13.7. The van der Waals surface area contributed by atoms with Gasteiger partial charge < -0.3 is 4.90 Å². The molecular formula is C20H20N2OS. The predicted molar refractivity (Wildman–Crippen MR) is 99.4 cm³/mol. The van der Waals surface area contributed by atoms with Crippen molar-refractivity contribution in [1.29, 1.82) is 0 Å². The molecule has 4 rings (SSSR count). The molecule has 0 aliphatic carbocycles. The highest BCUT2D eigenvalue weighted by atomic mass is 32.1. The molecule has 1 aliphatic rings. The molecule has 1 amide bonds. The van der Waals surface area contributed by atoms with E-state index in [1.165, 1.54) is 4.70 Å². The lowest BCUT2D eigenvalue weighted by Gasteiger charge is -2.30. The van der Waals surface area contributed by atoms with Crippen molar-refractivity contribution in [3.63, 3.8) is 0 Å². The highest BCUT2D eigenvalue weighted by molar-refractivity contribution is 7.21. The normalized spacial score (nSPS) is 15.8. The van der Waals surface area contributed by atoms with Crippen molar-refractivity contribution in [3.05, 3.63) is 54.1 Å². The first-order valence-electron chi connectivity index (χ1n) is 8.46. The van der Waals surface area contributed by atoms with Crippen molar-refractivity contribution in [1.82, 2.24) is 9.88 Å². The molecule has 3 nitrogen and oxygen atoms in total. The van der Waals surface area contributed by atoms with Crippen LogP contribution < -0.4 is 0 Å². The summed E-state index contributed by atoms with van der Waals surface area (Å²) in [6.45, 7) is 4.01. The minimum absolute atomic E-state index is 0.151. The Balaban J connectivity index is 1.55. The summed E-state index contributed by atoms with van der Waals surface area (Å²) < 4.78 is 1.19. The maximum absolute atomic E-state index is 12.6. The molecule has 0 radical (unpaired) electrons. The first kappa shape index (κ1) is 15.3. The molecule has 0 bridgehead atoms. The van der Waals surface area contributed by atoms with Gasteiger partial charge in [0.15, 0.2) is 0 Å². The Morgan fingerprint density at radius 2 is 1.79 bits per heavy atom. The number of amides is 1. The van der Waals surface area contributed by atoms with Gasteiger partial charge in [-0.2, -0.15) is 0 Å². The Labute approximate surface area is 146 Å². The number of benzene rings is 2. The summed E-state index contributed by atoms with van der Waals surface area (Å²) in [5, 5.41) is 1.00. The largest absolute Gasteiger partial charge is 0.339 e. The fraction of sp³-hybridized carbons (Fsp3) is 0.300. The summed E-state index contributed by atoms with van der Waals surface area (Å²) in [4.78, 5) is 19.3. The van der Waals surface area contributed by atoms with Gasteiger partial charge in [0.25, 0.3) is 5.91 Å². The molecule has 4 heteroatoms. The highest BCUT2D eigenvalue weighted by Gasteiger charge is 2.21. The predicted octanol–water partition coefficient (Wildman–Crippen LogP) is 4.84. The van der Waals surface area contributed by atoms with E-state index in [1.807, 2.05) is 47.4 Å². The first-order chi connectivity index (χ1) is 11.7. The first-order valence-corrected chi connectivity index (χ1v) is 9.27. The van der Waals surface area contributed by atoms with E-state index >= 15 is 0 Å². The molecule has 1 saturated heterocycles. The van der Waals surface area contributed by atoms with Gasteiger partial charge in [-0.3, -0.25) is 4.79 Å². The second kappa shape index (κ2) is 6.36. The Hall–Kier alpha value is -2.20. The van der Waals surface area contributed by atoms with Gasteiger partial charge in [0.05, 0.1) is 10.2 Å². The summed E-state index contributed by atoms with van der Waals surface area (Å²) in [5.41, 5.74) is 2.87. The van der Waals surface area contributed by atoms with Gasteiger partial charge in [-0.1, -0.05) is 31.2 Å². The second-order valence-electron chi connectivity index (χ2n) is 6.54. The molecule has 24 heavy (non-hydrogen) atoms. The van der Waals surface area contributed by atoms with Crippen LogP contribution in [0.5, 0.6) is 0 Å². The molecule has 0 N–H and O–H groups in total. The summed E-state index contributed by atoms with van der Waals surface area (Å²) in [5.74, 6) is 0.883. The number of para-hydroxylation sites is 1. The van der Waals surface area contributed by atoms with Crippen LogP contribution >= 0.6 is 11.3 Å². The zero-order valence-corrected chi connectivity index (χ0v) is 14.6. The van der Waals surface area contributed by atoms with E-state index in [0.717, 1.165) is 53.5 Å². The topological polar surface area (TPSA) is 33.2 Å². The average Bonchev–Trinajstić information content (AvgIpc) is 3.06. The fourth-order valence-corrected chi connectivity index (χ4v) is 4.12. The molecule has 2 aromatic carbocycles. The number of carbonyl (C=O) groups is 1. The van der Waals surface area contributed by atoms with Crippen LogP contribution in [-0.2, 0) is 0 Å². The van der Waals surface area contributed by atoms with E-state index in [9.17, 15) is 4.79 Å². The summed E-state index contributed by atoms with van der Waals surface area (Å²) in [6, 6.07) is 16.0. The molecule has 1 aliphatic heterocycles. The lowest BCUT2D eigenvalue weighted by molar-refractivity contribution is 0.0697. The molecule has 1 aromatic heterocycles. The van der Waals surface area contributed by atoms with Gasteiger partial charge in [-0.05, 0) is 43.0 Å². The Morgan fingerprint density at radius 3 is 2.50 bits per heavy atom. The third kappa shape index (κ3) is 2.94. The van der Waals surface area contributed by atoms with Gasteiger partial charge in [-0.15, -0.1) is 11.3 Å². The number of hydrogen-bond acceptors (Lipinski definition) is 3. The molecular weight excluding hydrogens is 316 g/mol. The molecule has 0 unspecified atom stereocenters. The van der Waals surface area contributed by atoms with Crippen LogP contribution in [0.1, 0.15) is 30.1 Å². The van der Waals surface area contributed by atoms with Crippen molar-refractivity contribution in [3.8, 4) is 10.6 Å². The van der Waals surface area contributed by atoms with Crippen LogP contribution in [0.3, 0.4) is 0 Å². The van der Waals surface area contributed by atoms with Crippen LogP contribution in [-0.4, -0.2) is 28.9 Å². The summed E-state index contributed by atoms with van der Waals surface area (Å²) in [7, 11) is 0. The highest BCUT2D eigenvalue weighted by Crippen LogP contribution is 2.30. The van der Waals surface area contributed by atoms with Gasteiger partial charge in [0.1, 0.15) is 5.01 Å². The van der Waals surface area contributed by atoms with E-state index in [4.69, 9.17) is 0 Å². The van der Waals surface area contributed by atoms with Crippen LogP contribution in [0.25, 0.3) is 20.8 Å². The Kier molecular flexibility index (Phi) is 4.07. The van der Waals surface area contributed by atoms with E-state index in [0.29, 0.717) is 0 Å². The molecule has 0 spiro atoms. The monoisotopic (exact) mass is 336 g/mol. The number of thiazole rings is 1. The number of hydrogen-bond donors (Lipinski definition) is 0. The van der Waals surface area contributed by atoms with Gasteiger partial charge in [-0.25, -0.2) is 4.98 Å². The quantitative estimate of drug-likeness (QED) is 0.671. The standard InChI is InChI=1S/C20H20N2OS/c1-14-10-12-22(13-11-14)20(23)16-8-6-15(7-9-16)19-21-17-4-2-3-5-18(17)24-19/h2-9,14H,10-13H2,1H3. The number of carbonyl (C=O) groups excluding carboxylic acids is 1. The average molecular weight is 336 g/mol. The molecule has 1 fully saturated rings. The van der Waals surface area contributed by atoms with Crippen LogP contribution in [0.2, 0.25) is 0 Å². The van der Waals surface area contributed by atoms with Crippen molar-refractivity contribution in [2.24, 2.45) is 5.92 Å². The maximum atomic E-state index is 12.6. The number of aromatic nitrogens is 1.